The summed E-state index contributed by atoms with van der Waals surface area (Å²) in [5.74, 6) is 0.488. The van der Waals surface area contributed by atoms with E-state index in [1.807, 2.05) is 18.2 Å². The molecule has 88 valence electrons. The van der Waals surface area contributed by atoms with Crippen LogP contribution in [0.2, 0.25) is 5.02 Å². The van der Waals surface area contributed by atoms with Gasteiger partial charge in [0, 0.05) is 16.2 Å². The van der Waals surface area contributed by atoms with Gasteiger partial charge < -0.3 is 4.74 Å². The molecule has 0 bridgehead atoms. The fourth-order valence-corrected chi connectivity index (χ4v) is 1.34. The third-order valence-corrected chi connectivity index (χ3v) is 2.40. The van der Waals surface area contributed by atoms with Crippen molar-refractivity contribution in [3.05, 3.63) is 71.5 Å². The van der Waals surface area contributed by atoms with Crippen LogP contribution in [0.25, 0.3) is 0 Å². The van der Waals surface area contributed by atoms with Crippen LogP contribution in [0.5, 0.6) is 0 Å². The number of allylic oxidation sites excluding steroid dienone is 3. The molecule has 0 amide bonds. The molecular formula is C14H13ClO2. The molecule has 17 heavy (non-hydrogen) atoms. The summed E-state index contributed by atoms with van der Waals surface area (Å²) in [6.07, 6.45) is 3.70. The van der Waals surface area contributed by atoms with E-state index >= 15 is 0 Å². The number of benzene rings is 1. The summed E-state index contributed by atoms with van der Waals surface area (Å²) in [6, 6.07) is 7.40. The lowest BCUT2D eigenvalue weighted by Gasteiger charge is -2.08. The molecule has 0 saturated carbocycles. The predicted molar refractivity (Wildman–Crippen MR) is 69.7 cm³/mol. The number of carbonyl (C=O) groups is 1. The summed E-state index contributed by atoms with van der Waals surface area (Å²) in [5.41, 5.74) is 1.21. The van der Waals surface area contributed by atoms with E-state index in [0.29, 0.717) is 29.2 Å². The van der Waals surface area contributed by atoms with Gasteiger partial charge in [0.25, 0.3) is 0 Å². The molecular weight excluding hydrogens is 236 g/mol. The average Bonchev–Trinajstić information content (AvgIpc) is 2.35. The Kier molecular flexibility index (Phi) is 5.24. The first kappa shape index (κ1) is 13.3. The Morgan fingerprint density at radius 1 is 1.41 bits per heavy atom. The monoisotopic (exact) mass is 248 g/mol. The van der Waals surface area contributed by atoms with Crippen LogP contribution < -0.4 is 0 Å². The molecule has 0 N–H and O–H groups in total. The fraction of sp³-hybridized carbons (Fsp3) is 0.0714. The van der Waals surface area contributed by atoms with Crippen LogP contribution in [0.4, 0.5) is 0 Å². The van der Waals surface area contributed by atoms with Crippen molar-refractivity contribution < 1.29 is 9.53 Å². The molecule has 1 aromatic rings. The van der Waals surface area contributed by atoms with Crippen molar-refractivity contribution in [1.82, 2.24) is 0 Å². The summed E-state index contributed by atoms with van der Waals surface area (Å²) in [4.78, 5) is 10.4. The maximum absolute atomic E-state index is 10.4. The zero-order valence-electron chi connectivity index (χ0n) is 9.36. The second kappa shape index (κ2) is 6.71. The molecule has 0 spiro atoms. The largest absolute Gasteiger partial charge is 0.489 e. The van der Waals surface area contributed by atoms with Gasteiger partial charge in [0.05, 0.1) is 0 Å². The molecule has 0 fully saturated rings. The number of hydrogen-bond donors (Lipinski definition) is 0. The van der Waals surface area contributed by atoms with Crippen molar-refractivity contribution in [3.8, 4) is 0 Å². The average molecular weight is 249 g/mol. The fourth-order valence-electron chi connectivity index (χ4n) is 1.15. The minimum Gasteiger partial charge on any atom is -0.489 e. The van der Waals surface area contributed by atoms with E-state index in [1.165, 1.54) is 12.2 Å². The Bertz CT molecular complexity index is 461. The molecule has 0 heterocycles. The van der Waals surface area contributed by atoms with E-state index in [2.05, 4.69) is 13.2 Å². The lowest BCUT2D eigenvalue weighted by Crippen LogP contribution is -1.93. The zero-order valence-corrected chi connectivity index (χ0v) is 10.1. The number of rotatable bonds is 6. The Morgan fingerprint density at radius 2 is 2.12 bits per heavy atom. The van der Waals surface area contributed by atoms with Crippen molar-refractivity contribution in [2.24, 2.45) is 0 Å². The number of halogens is 1. The van der Waals surface area contributed by atoms with Gasteiger partial charge in [-0.05, 0) is 18.2 Å². The molecule has 0 radical (unpaired) electrons. The topological polar surface area (TPSA) is 26.3 Å². The summed E-state index contributed by atoms with van der Waals surface area (Å²) in [7, 11) is 0. The standard InChI is InChI=1S/C14H13ClO2/c1-3-13(8-11(2)9-16)17-10-12-6-4-5-7-14(12)15/h3-9H,1-2,10H2/b13-8+. The highest BCUT2D eigenvalue weighted by molar-refractivity contribution is 6.31. The second-order valence-corrected chi connectivity index (χ2v) is 3.73. The van der Waals surface area contributed by atoms with E-state index in [9.17, 15) is 4.79 Å². The summed E-state index contributed by atoms with van der Waals surface area (Å²) >= 11 is 5.98. The van der Waals surface area contributed by atoms with Crippen LogP contribution in [-0.4, -0.2) is 6.29 Å². The first-order valence-corrected chi connectivity index (χ1v) is 5.39. The van der Waals surface area contributed by atoms with E-state index in [0.717, 1.165) is 5.56 Å². The van der Waals surface area contributed by atoms with Crippen LogP contribution in [0, 0.1) is 0 Å². The highest BCUT2D eigenvalue weighted by Crippen LogP contribution is 2.17. The minimum absolute atomic E-state index is 0.323. The van der Waals surface area contributed by atoms with Crippen molar-refractivity contribution in [1.29, 1.82) is 0 Å². The smallest absolute Gasteiger partial charge is 0.149 e. The van der Waals surface area contributed by atoms with Gasteiger partial charge in [-0.2, -0.15) is 0 Å². The lowest BCUT2D eigenvalue weighted by atomic mass is 10.2. The minimum atomic E-state index is 0.323. The maximum atomic E-state index is 10.4. The van der Waals surface area contributed by atoms with Gasteiger partial charge in [-0.25, -0.2) is 0 Å². The Morgan fingerprint density at radius 3 is 2.71 bits per heavy atom. The van der Waals surface area contributed by atoms with Gasteiger partial charge in [-0.1, -0.05) is 43.0 Å². The third-order valence-electron chi connectivity index (χ3n) is 2.03. The second-order valence-electron chi connectivity index (χ2n) is 3.32. The number of hydrogen-bond acceptors (Lipinski definition) is 2. The van der Waals surface area contributed by atoms with E-state index in [1.54, 1.807) is 6.07 Å². The van der Waals surface area contributed by atoms with E-state index in [4.69, 9.17) is 16.3 Å². The van der Waals surface area contributed by atoms with Gasteiger partial charge in [-0.15, -0.1) is 0 Å². The predicted octanol–water partition coefficient (Wildman–Crippen LogP) is 3.68. The normalized spacial score (nSPS) is 10.8. The molecule has 0 atom stereocenters. The molecule has 1 rings (SSSR count). The maximum Gasteiger partial charge on any atom is 0.149 e. The summed E-state index contributed by atoms with van der Waals surface area (Å²) in [5, 5.41) is 0.644. The Labute approximate surface area is 106 Å². The zero-order chi connectivity index (χ0) is 12.7. The Balaban J connectivity index is 2.69. The summed E-state index contributed by atoms with van der Waals surface area (Å²) in [6.45, 7) is 7.46. The van der Waals surface area contributed by atoms with Crippen molar-refractivity contribution >= 4 is 17.9 Å². The van der Waals surface area contributed by atoms with E-state index < -0.39 is 0 Å². The van der Waals surface area contributed by atoms with Crippen LogP contribution in [0.15, 0.2) is 60.9 Å². The van der Waals surface area contributed by atoms with Crippen molar-refractivity contribution in [2.75, 3.05) is 0 Å². The Hall–Kier alpha value is -1.80. The number of aldehydes is 1. The van der Waals surface area contributed by atoms with Crippen molar-refractivity contribution in [2.45, 2.75) is 6.61 Å². The summed E-state index contributed by atoms with van der Waals surface area (Å²) < 4.78 is 5.47. The molecule has 2 nitrogen and oxygen atoms in total. The van der Waals surface area contributed by atoms with Crippen LogP contribution >= 0.6 is 11.6 Å². The molecule has 0 aliphatic rings. The van der Waals surface area contributed by atoms with Crippen LogP contribution in [-0.2, 0) is 16.1 Å². The third kappa shape index (κ3) is 4.29. The first-order chi connectivity index (χ1) is 8.17. The highest BCUT2D eigenvalue weighted by Gasteiger charge is 2.00. The molecule has 1 aromatic carbocycles. The van der Waals surface area contributed by atoms with E-state index in [-0.39, 0.29) is 0 Å². The van der Waals surface area contributed by atoms with Gasteiger partial charge in [0.1, 0.15) is 18.7 Å². The molecule has 0 saturated heterocycles. The quantitative estimate of drug-likeness (QED) is 0.332. The molecule has 3 heteroatoms. The number of carbonyl (C=O) groups excluding carboxylic acids is 1. The molecule has 0 aliphatic heterocycles. The van der Waals surface area contributed by atoms with Gasteiger partial charge in [-0.3, -0.25) is 4.79 Å². The number of ether oxygens (including phenoxy) is 1. The molecule has 0 aromatic heterocycles. The SMILES string of the molecule is C=C/C(=C\C(=C)C=O)OCc1ccccc1Cl. The van der Waals surface area contributed by atoms with Gasteiger partial charge in [0.2, 0.25) is 0 Å². The van der Waals surface area contributed by atoms with Crippen LogP contribution in [0.3, 0.4) is 0 Å². The van der Waals surface area contributed by atoms with Gasteiger partial charge in [0.15, 0.2) is 0 Å². The molecule has 0 unspecified atom stereocenters. The highest BCUT2D eigenvalue weighted by atomic mass is 35.5. The van der Waals surface area contributed by atoms with Crippen molar-refractivity contribution in [3.63, 3.8) is 0 Å². The van der Waals surface area contributed by atoms with Crippen LogP contribution in [0.1, 0.15) is 5.56 Å². The first-order valence-electron chi connectivity index (χ1n) is 5.01. The lowest BCUT2D eigenvalue weighted by molar-refractivity contribution is -0.104. The molecule has 0 aliphatic carbocycles. The van der Waals surface area contributed by atoms with Gasteiger partial charge >= 0.3 is 0 Å².